The lowest BCUT2D eigenvalue weighted by atomic mass is 10.4. The van der Waals surface area contributed by atoms with Gasteiger partial charge in [-0.2, -0.15) is 0 Å². The summed E-state index contributed by atoms with van der Waals surface area (Å²) in [7, 11) is -12.4. The van der Waals surface area contributed by atoms with E-state index in [1.165, 1.54) is 51.4 Å². The third-order valence-electron chi connectivity index (χ3n) is 13.1. The van der Waals surface area contributed by atoms with E-state index in [-0.39, 0.29) is 0 Å². The van der Waals surface area contributed by atoms with Crippen LogP contribution in [0, 0.1) is 0 Å². The van der Waals surface area contributed by atoms with Crippen molar-refractivity contribution in [2.75, 3.05) is 51.3 Å². The molecule has 0 aromatic rings. The molecule has 0 aromatic heterocycles. The molecule has 4 aliphatic carbocycles. The van der Waals surface area contributed by atoms with Gasteiger partial charge in [0.25, 0.3) is 0 Å². The predicted molar refractivity (Wildman–Crippen MR) is 219 cm³/mol. The van der Waals surface area contributed by atoms with Crippen LogP contribution in [-0.2, 0) is 35.4 Å². The maximum absolute atomic E-state index is 8.34. The second-order valence-corrected chi connectivity index (χ2v) is 31.4. The number of unbranched alkanes of at least 4 members (excludes halogenated alkanes) is 4. The number of ether oxygens (including phenoxy) is 4. The molecule has 4 saturated carbocycles. The van der Waals surface area contributed by atoms with Crippen molar-refractivity contribution in [1.82, 2.24) is 0 Å². The van der Waals surface area contributed by atoms with Gasteiger partial charge >= 0.3 is 34.2 Å². The van der Waals surface area contributed by atoms with Crippen molar-refractivity contribution in [1.29, 1.82) is 0 Å². The molecular formula is C40H80O8Si4. The van der Waals surface area contributed by atoms with Crippen molar-refractivity contribution < 1.29 is 35.4 Å². The Morgan fingerprint density at radius 1 is 0.346 bits per heavy atom. The van der Waals surface area contributed by atoms with E-state index in [4.69, 9.17) is 35.4 Å². The molecule has 0 amide bonds. The number of hydrogen-bond donors (Lipinski definition) is 0. The second-order valence-electron chi connectivity index (χ2n) is 17.2. The molecule has 0 unspecified atom stereocenters. The van der Waals surface area contributed by atoms with Crippen LogP contribution in [0.3, 0.4) is 0 Å². The summed E-state index contributed by atoms with van der Waals surface area (Å²) in [5, 5.41) is 0. The summed E-state index contributed by atoms with van der Waals surface area (Å²) in [6.45, 7) is 12.1. The third-order valence-corrected chi connectivity index (χ3v) is 33.8. The highest BCUT2D eigenvalue weighted by Gasteiger charge is 2.70. The lowest BCUT2D eigenvalue weighted by Gasteiger charge is -2.57. The molecule has 1 aliphatic heterocycles. The Labute approximate surface area is 323 Å². The summed E-state index contributed by atoms with van der Waals surface area (Å²) >= 11 is 0. The van der Waals surface area contributed by atoms with Gasteiger partial charge in [0.2, 0.25) is 0 Å². The summed E-state index contributed by atoms with van der Waals surface area (Å²) in [5.41, 5.74) is 1.54. The van der Waals surface area contributed by atoms with E-state index in [0.29, 0.717) is 47.1 Å². The molecule has 12 heteroatoms. The van der Waals surface area contributed by atoms with Gasteiger partial charge in [-0.1, -0.05) is 105 Å². The van der Waals surface area contributed by atoms with E-state index in [2.05, 4.69) is 27.7 Å². The lowest BCUT2D eigenvalue weighted by Crippen LogP contribution is -2.77. The van der Waals surface area contributed by atoms with Gasteiger partial charge < -0.3 is 35.4 Å². The third kappa shape index (κ3) is 11.4. The van der Waals surface area contributed by atoms with E-state index in [0.717, 1.165) is 129 Å². The van der Waals surface area contributed by atoms with Gasteiger partial charge in [0.05, 0.1) is 24.9 Å². The molecule has 1 saturated heterocycles. The standard InChI is InChI=1S/C40H80O8Si4/c1-5-9-29-41-33-49(37-21-13-14-22-37)45-50(34-42-30-10-6-2,38-23-15-16-24-38)47-52(36-44-32-12-8-4,40-27-19-20-28-40)48-51(46-49,35-43-31-11-7-3)39-25-17-18-26-39/h37-40H,5-36H2,1-4H3. The average molecular weight is 801 g/mol. The summed E-state index contributed by atoms with van der Waals surface area (Å²) < 4.78 is 60.6. The van der Waals surface area contributed by atoms with Crippen LogP contribution in [0.15, 0.2) is 0 Å². The van der Waals surface area contributed by atoms with Crippen LogP contribution in [-0.4, -0.2) is 85.6 Å². The Morgan fingerprint density at radius 2 is 0.538 bits per heavy atom. The predicted octanol–water partition coefficient (Wildman–Crippen LogP) is 11.0. The Morgan fingerprint density at radius 3 is 0.712 bits per heavy atom. The smallest absolute Gasteiger partial charge is 0.350 e. The fraction of sp³-hybridized carbons (Fsp3) is 1.00. The van der Waals surface area contributed by atoms with E-state index in [1.807, 2.05) is 0 Å². The van der Waals surface area contributed by atoms with Crippen LogP contribution >= 0.6 is 0 Å². The minimum atomic E-state index is -3.10. The van der Waals surface area contributed by atoms with Gasteiger partial charge in [-0.25, -0.2) is 0 Å². The molecule has 5 aliphatic rings. The maximum atomic E-state index is 8.34. The molecule has 304 valence electrons. The molecule has 52 heavy (non-hydrogen) atoms. The molecule has 0 bridgehead atoms. The Balaban J connectivity index is 1.69. The normalized spacial score (nSPS) is 33.0. The van der Waals surface area contributed by atoms with Crippen LogP contribution in [0.5, 0.6) is 0 Å². The quantitative estimate of drug-likeness (QED) is 0.0706. The van der Waals surface area contributed by atoms with E-state index in [9.17, 15) is 0 Å². The fourth-order valence-electron chi connectivity index (χ4n) is 9.93. The van der Waals surface area contributed by atoms with Crippen molar-refractivity contribution in [3.63, 3.8) is 0 Å². The van der Waals surface area contributed by atoms with Crippen LogP contribution in [0.4, 0.5) is 0 Å². The topological polar surface area (TPSA) is 73.8 Å². The van der Waals surface area contributed by atoms with Crippen LogP contribution < -0.4 is 0 Å². The summed E-state index contributed by atoms with van der Waals surface area (Å²) in [5.74, 6) is 0. The summed E-state index contributed by atoms with van der Waals surface area (Å²) in [6, 6.07) is 0. The number of rotatable bonds is 24. The fourth-order valence-corrected chi connectivity index (χ4v) is 36.5. The van der Waals surface area contributed by atoms with Gasteiger partial charge in [0, 0.05) is 48.6 Å². The molecular weight excluding hydrogens is 721 g/mol. The molecule has 0 aromatic carbocycles. The van der Waals surface area contributed by atoms with Gasteiger partial charge in [-0.05, 0) is 77.0 Å². The molecule has 0 atom stereocenters. The second kappa shape index (κ2) is 22.5. The minimum absolute atomic E-state index is 0.385. The first-order valence-corrected chi connectivity index (χ1v) is 31.0. The lowest BCUT2D eigenvalue weighted by molar-refractivity contribution is 0.0719. The molecule has 0 N–H and O–H groups in total. The monoisotopic (exact) mass is 800 g/mol. The average Bonchev–Trinajstić information content (AvgIpc) is 4.00. The van der Waals surface area contributed by atoms with Gasteiger partial charge in [0.1, 0.15) is 0 Å². The molecule has 5 rings (SSSR count). The highest BCUT2D eigenvalue weighted by molar-refractivity contribution is 6.96. The highest BCUT2D eigenvalue weighted by Crippen LogP contribution is 2.55. The van der Waals surface area contributed by atoms with E-state index < -0.39 is 34.2 Å². The zero-order chi connectivity index (χ0) is 36.6. The first-order chi connectivity index (χ1) is 25.5. The van der Waals surface area contributed by atoms with Crippen molar-refractivity contribution >= 4 is 34.2 Å². The molecule has 1 heterocycles. The van der Waals surface area contributed by atoms with E-state index in [1.54, 1.807) is 0 Å². The van der Waals surface area contributed by atoms with Crippen molar-refractivity contribution in [3.05, 3.63) is 0 Å². The number of hydrogen-bond acceptors (Lipinski definition) is 8. The van der Waals surface area contributed by atoms with Crippen LogP contribution in [0.25, 0.3) is 0 Å². The first-order valence-electron chi connectivity index (χ1n) is 22.6. The largest absolute Gasteiger partial charge is 0.412 e. The van der Waals surface area contributed by atoms with Gasteiger partial charge in [0.15, 0.2) is 0 Å². The first kappa shape index (κ1) is 43.7. The van der Waals surface area contributed by atoms with Crippen LogP contribution in [0.1, 0.15) is 182 Å². The molecule has 5 fully saturated rings. The van der Waals surface area contributed by atoms with Gasteiger partial charge in [-0.3, -0.25) is 0 Å². The van der Waals surface area contributed by atoms with Crippen molar-refractivity contribution in [2.45, 2.75) is 204 Å². The summed E-state index contributed by atoms with van der Waals surface area (Å²) in [4.78, 5) is 0. The SMILES string of the molecule is CCCCOC[Si]1(C2CCCC2)O[Si](COCCCC)(C2CCCC2)O[Si](COCCCC)(C2CCCC2)O[Si](COCCCC)(C2CCCC2)O1. The van der Waals surface area contributed by atoms with Crippen LogP contribution in [0.2, 0.25) is 22.2 Å². The van der Waals surface area contributed by atoms with Gasteiger partial charge in [-0.15, -0.1) is 0 Å². The summed E-state index contributed by atoms with van der Waals surface area (Å²) in [6.07, 6.45) is 30.3. The van der Waals surface area contributed by atoms with E-state index >= 15 is 0 Å². The zero-order valence-electron chi connectivity index (χ0n) is 34.2. The zero-order valence-corrected chi connectivity index (χ0v) is 38.2. The van der Waals surface area contributed by atoms with Crippen molar-refractivity contribution in [2.24, 2.45) is 0 Å². The molecule has 0 spiro atoms. The molecule has 0 radical (unpaired) electrons. The Kier molecular flexibility index (Phi) is 18.9. The Hall–Kier alpha value is 0.548. The molecule has 8 nitrogen and oxygen atoms in total. The maximum Gasteiger partial charge on any atom is 0.350 e. The van der Waals surface area contributed by atoms with Crippen molar-refractivity contribution in [3.8, 4) is 0 Å². The minimum Gasteiger partial charge on any atom is -0.412 e. The highest BCUT2D eigenvalue weighted by atomic mass is 28.5. The Bertz CT molecular complexity index is 809.